The van der Waals surface area contributed by atoms with Gasteiger partial charge in [-0.2, -0.15) is 4.31 Å². The van der Waals surface area contributed by atoms with Gasteiger partial charge in [0, 0.05) is 25.3 Å². The van der Waals surface area contributed by atoms with Crippen molar-refractivity contribution in [1.82, 2.24) is 14.2 Å². The number of hydrogen-bond donors (Lipinski definition) is 0. The number of ether oxygens (including phenoxy) is 1. The molecule has 3 heterocycles. The molecular formula is C20H23N3O4S. The van der Waals surface area contributed by atoms with Crippen LogP contribution in [0.3, 0.4) is 0 Å². The SMILES string of the molecule is COc1cc(C)c(S(=O)(=O)N2CCN3C(=O)c4ccc(C)nc4C3C2)c(C)c1. The highest BCUT2D eigenvalue weighted by molar-refractivity contribution is 7.89. The average Bonchev–Trinajstić information content (AvgIpc) is 2.92. The van der Waals surface area contributed by atoms with E-state index in [4.69, 9.17) is 4.74 Å². The smallest absolute Gasteiger partial charge is 0.256 e. The Hall–Kier alpha value is -2.45. The maximum absolute atomic E-state index is 13.4. The van der Waals surface area contributed by atoms with Crippen LogP contribution in [0.2, 0.25) is 0 Å². The van der Waals surface area contributed by atoms with Crippen molar-refractivity contribution in [2.45, 2.75) is 31.7 Å². The van der Waals surface area contributed by atoms with Crippen molar-refractivity contribution in [2.75, 3.05) is 26.7 Å². The molecule has 28 heavy (non-hydrogen) atoms. The van der Waals surface area contributed by atoms with E-state index in [0.29, 0.717) is 39.6 Å². The van der Waals surface area contributed by atoms with Gasteiger partial charge in [-0.3, -0.25) is 9.78 Å². The van der Waals surface area contributed by atoms with Crippen LogP contribution in [0.1, 0.15) is 38.9 Å². The third-order valence-electron chi connectivity index (χ3n) is 5.48. The van der Waals surface area contributed by atoms with Crippen LogP contribution in [0.25, 0.3) is 0 Å². The third kappa shape index (κ3) is 2.79. The molecule has 1 unspecified atom stereocenters. The third-order valence-corrected chi connectivity index (χ3v) is 7.65. The van der Waals surface area contributed by atoms with Gasteiger partial charge in [-0.15, -0.1) is 0 Å². The molecule has 1 fully saturated rings. The molecule has 4 rings (SSSR count). The van der Waals surface area contributed by atoms with Gasteiger partial charge in [0.05, 0.1) is 29.3 Å². The van der Waals surface area contributed by atoms with Gasteiger partial charge in [0.1, 0.15) is 5.75 Å². The summed E-state index contributed by atoms with van der Waals surface area (Å²) in [5, 5.41) is 0. The van der Waals surface area contributed by atoms with Crippen molar-refractivity contribution in [3.05, 3.63) is 52.3 Å². The molecule has 148 valence electrons. The van der Waals surface area contributed by atoms with E-state index in [-0.39, 0.29) is 25.0 Å². The van der Waals surface area contributed by atoms with Crippen LogP contribution in [-0.4, -0.2) is 55.3 Å². The quantitative estimate of drug-likeness (QED) is 0.788. The first kappa shape index (κ1) is 18.9. The number of rotatable bonds is 3. The monoisotopic (exact) mass is 401 g/mol. The minimum atomic E-state index is -3.71. The summed E-state index contributed by atoms with van der Waals surface area (Å²) in [4.78, 5) is 19.2. The second-order valence-corrected chi connectivity index (χ2v) is 9.23. The lowest BCUT2D eigenvalue weighted by atomic mass is 10.1. The van der Waals surface area contributed by atoms with Gasteiger partial charge in [-0.05, 0) is 56.2 Å². The number of hydrogen-bond acceptors (Lipinski definition) is 5. The largest absolute Gasteiger partial charge is 0.497 e. The topological polar surface area (TPSA) is 79.8 Å². The van der Waals surface area contributed by atoms with Crippen LogP contribution in [0.4, 0.5) is 0 Å². The summed E-state index contributed by atoms with van der Waals surface area (Å²) >= 11 is 0. The first-order valence-electron chi connectivity index (χ1n) is 9.18. The van der Waals surface area contributed by atoms with Crippen molar-refractivity contribution < 1.29 is 17.9 Å². The van der Waals surface area contributed by atoms with Crippen LogP contribution in [0.15, 0.2) is 29.2 Å². The zero-order valence-electron chi connectivity index (χ0n) is 16.4. The fraction of sp³-hybridized carbons (Fsp3) is 0.400. The fourth-order valence-corrected chi connectivity index (χ4v) is 6.03. The number of fused-ring (bicyclic) bond motifs is 3. The summed E-state index contributed by atoms with van der Waals surface area (Å²) < 4.78 is 33.6. The number of aryl methyl sites for hydroxylation is 3. The summed E-state index contributed by atoms with van der Waals surface area (Å²) in [5.74, 6) is 0.565. The maximum atomic E-state index is 13.4. The molecule has 0 saturated carbocycles. The number of sulfonamides is 1. The second kappa shape index (κ2) is 6.56. The van der Waals surface area contributed by atoms with Gasteiger partial charge >= 0.3 is 0 Å². The van der Waals surface area contributed by atoms with Crippen molar-refractivity contribution in [3.63, 3.8) is 0 Å². The van der Waals surface area contributed by atoms with Gasteiger partial charge in [-0.1, -0.05) is 0 Å². The molecule has 2 aliphatic rings. The summed E-state index contributed by atoms with van der Waals surface area (Å²) in [7, 11) is -2.14. The van der Waals surface area contributed by atoms with Crippen molar-refractivity contribution in [3.8, 4) is 5.75 Å². The molecule has 0 spiro atoms. The van der Waals surface area contributed by atoms with Gasteiger partial charge in [0.15, 0.2) is 0 Å². The van der Waals surface area contributed by atoms with Gasteiger partial charge in [0.25, 0.3) is 5.91 Å². The molecule has 1 saturated heterocycles. The Bertz CT molecular complexity index is 1060. The number of carbonyl (C=O) groups excluding carboxylic acids is 1. The molecule has 1 atom stereocenters. The molecule has 0 bridgehead atoms. The number of methoxy groups -OCH3 is 1. The van der Waals surface area contributed by atoms with Gasteiger partial charge < -0.3 is 9.64 Å². The lowest BCUT2D eigenvalue weighted by Gasteiger charge is -2.37. The molecule has 1 amide bonds. The molecular weight excluding hydrogens is 378 g/mol. The summed E-state index contributed by atoms with van der Waals surface area (Å²) in [6, 6.07) is 6.72. The van der Waals surface area contributed by atoms with E-state index < -0.39 is 10.0 Å². The molecule has 2 aliphatic heterocycles. The van der Waals surface area contributed by atoms with Crippen molar-refractivity contribution in [2.24, 2.45) is 0 Å². The fourth-order valence-electron chi connectivity index (χ4n) is 4.18. The first-order chi connectivity index (χ1) is 13.2. The molecule has 1 aromatic carbocycles. The summed E-state index contributed by atoms with van der Waals surface area (Å²) in [6.45, 7) is 6.25. The highest BCUT2D eigenvalue weighted by atomic mass is 32.2. The number of piperazine rings is 1. The number of nitrogens with zero attached hydrogens (tertiary/aromatic N) is 3. The van der Waals surface area contributed by atoms with Crippen LogP contribution in [0, 0.1) is 20.8 Å². The number of benzene rings is 1. The van der Waals surface area contributed by atoms with E-state index in [2.05, 4.69) is 4.98 Å². The zero-order valence-corrected chi connectivity index (χ0v) is 17.2. The predicted octanol–water partition coefficient (Wildman–Crippen LogP) is 2.22. The number of aromatic nitrogens is 1. The minimum Gasteiger partial charge on any atom is -0.497 e. The Balaban J connectivity index is 1.71. The molecule has 2 aromatic rings. The summed E-state index contributed by atoms with van der Waals surface area (Å²) in [6.07, 6.45) is 0. The Kier molecular flexibility index (Phi) is 4.43. The second-order valence-electron chi connectivity index (χ2n) is 7.35. The Labute approximate surface area is 165 Å². The molecule has 1 aromatic heterocycles. The average molecular weight is 401 g/mol. The first-order valence-corrected chi connectivity index (χ1v) is 10.6. The van der Waals surface area contributed by atoms with Crippen LogP contribution in [0.5, 0.6) is 5.75 Å². The molecule has 0 radical (unpaired) electrons. The van der Waals surface area contributed by atoms with Gasteiger partial charge in [0.2, 0.25) is 10.0 Å². The minimum absolute atomic E-state index is 0.0682. The van der Waals surface area contributed by atoms with E-state index in [0.717, 1.165) is 5.69 Å². The summed E-state index contributed by atoms with van der Waals surface area (Å²) in [5.41, 5.74) is 3.36. The lowest BCUT2D eigenvalue weighted by molar-refractivity contribution is 0.0625. The van der Waals surface area contributed by atoms with E-state index in [9.17, 15) is 13.2 Å². The lowest BCUT2D eigenvalue weighted by Crippen LogP contribution is -2.49. The van der Waals surface area contributed by atoms with E-state index >= 15 is 0 Å². The molecule has 0 N–H and O–H groups in total. The highest BCUT2D eigenvalue weighted by Gasteiger charge is 2.44. The zero-order chi connectivity index (χ0) is 20.2. The van der Waals surface area contributed by atoms with E-state index in [1.807, 2.05) is 13.0 Å². The Morgan fingerprint density at radius 2 is 1.79 bits per heavy atom. The molecule has 8 heteroatoms. The van der Waals surface area contributed by atoms with Crippen LogP contribution < -0.4 is 4.74 Å². The van der Waals surface area contributed by atoms with Crippen molar-refractivity contribution >= 4 is 15.9 Å². The Morgan fingerprint density at radius 1 is 1.11 bits per heavy atom. The predicted molar refractivity (Wildman–Crippen MR) is 104 cm³/mol. The molecule has 7 nitrogen and oxygen atoms in total. The van der Waals surface area contributed by atoms with Gasteiger partial charge in [-0.25, -0.2) is 8.42 Å². The normalized spacial score (nSPS) is 19.5. The van der Waals surface area contributed by atoms with Crippen LogP contribution in [-0.2, 0) is 10.0 Å². The van der Waals surface area contributed by atoms with Crippen LogP contribution >= 0.6 is 0 Å². The molecule has 0 aliphatic carbocycles. The van der Waals surface area contributed by atoms with E-state index in [1.165, 1.54) is 4.31 Å². The maximum Gasteiger partial charge on any atom is 0.256 e. The number of pyridine rings is 1. The van der Waals surface area contributed by atoms with Crippen molar-refractivity contribution in [1.29, 1.82) is 0 Å². The standard InChI is InChI=1S/C20H23N3O4S/c1-12-9-15(27-4)10-13(2)19(12)28(25,26)22-7-8-23-17(11-22)18-16(20(23)24)6-5-14(3)21-18/h5-6,9-10,17H,7-8,11H2,1-4H3. The van der Waals surface area contributed by atoms with E-state index in [1.54, 1.807) is 44.1 Å². The number of carbonyl (C=O) groups is 1. The highest BCUT2D eigenvalue weighted by Crippen LogP contribution is 2.37. The number of amides is 1. The Morgan fingerprint density at radius 3 is 2.43 bits per heavy atom.